The second kappa shape index (κ2) is 6.09. The normalized spacial score (nSPS) is 11.7. The van der Waals surface area contributed by atoms with Gasteiger partial charge in [-0.25, -0.2) is 0 Å². The van der Waals surface area contributed by atoms with E-state index in [1.54, 1.807) is 20.4 Å². The third kappa shape index (κ3) is 3.37. The lowest BCUT2D eigenvalue weighted by atomic mass is 10.1. The van der Waals surface area contributed by atoms with Gasteiger partial charge in [0.1, 0.15) is 11.5 Å². The summed E-state index contributed by atoms with van der Waals surface area (Å²) in [6, 6.07) is 9.86. The fraction of sp³-hybridized carbons (Fsp3) is 0.267. The van der Waals surface area contributed by atoms with Crippen LogP contribution in [-0.2, 0) is 0 Å². The summed E-state index contributed by atoms with van der Waals surface area (Å²) in [5.41, 5.74) is 2.08. The summed E-state index contributed by atoms with van der Waals surface area (Å²) < 4.78 is 10.5. The number of nitrogens with one attached hydrogen (secondary N) is 1. The zero-order valence-electron chi connectivity index (χ0n) is 11.4. The van der Waals surface area contributed by atoms with Crippen molar-refractivity contribution in [1.29, 1.82) is 0 Å². The van der Waals surface area contributed by atoms with Crippen LogP contribution in [0.5, 0.6) is 11.5 Å². The van der Waals surface area contributed by atoms with Crippen molar-refractivity contribution in [2.24, 2.45) is 0 Å². The van der Waals surface area contributed by atoms with Gasteiger partial charge in [-0.15, -0.1) is 0 Å². The van der Waals surface area contributed by atoms with E-state index in [2.05, 4.69) is 17.2 Å². The Bertz CT molecular complexity index is 507. The average molecular weight is 258 g/mol. The van der Waals surface area contributed by atoms with E-state index in [4.69, 9.17) is 9.47 Å². The molecule has 1 atom stereocenters. The summed E-state index contributed by atoms with van der Waals surface area (Å²) in [4.78, 5) is 4.13. The number of benzene rings is 1. The summed E-state index contributed by atoms with van der Waals surface area (Å²) in [5.74, 6) is 1.53. The first-order valence-corrected chi connectivity index (χ1v) is 6.12. The van der Waals surface area contributed by atoms with Gasteiger partial charge in [0.15, 0.2) is 0 Å². The van der Waals surface area contributed by atoms with Crippen molar-refractivity contribution in [1.82, 2.24) is 4.98 Å². The summed E-state index contributed by atoms with van der Waals surface area (Å²) in [6.45, 7) is 2.09. The quantitative estimate of drug-likeness (QED) is 0.893. The zero-order valence-corrected chi connectivity index (χ0v) is 11.4. The van der Waals surface area contributed by atoms with E-state index in [0.717, 1.165) is 22.7 Å². The molecule has 2 rings (SSSR count). The molecule has 1 N–H and O–H groups in total. The highest BCUT2D eigenvalue weighted by Crippen LogP contribution is 2.28. The monoisotopic (exact) mass is 258 g/mol. The highest BCUT2D eigenvalue weighted by Gasteiger charge is 2.07. The molecule has 0 saturated carbocycles. The SMILES string of the molecule is COc1cc(NC(C)c2cccnc2)cc(OC)c1. The molecule has 4 nitrogen and oxygen atoms in total. The van der Waals surface area contributed by atoms with E-state index in [9.17, 15) is 0 Å². The standard InChI is InChI=1S/C15H18N2O2/c1-11(12-5-4-6-16-10-12)17-13-7-14(18-2)9-15(8-13)19-3/h4-11,17H,1-3H3. The third-order valence-electron chi connectivity index (χ3n) is 2.92. The van der Waals surface area contributed by atoms with Crippen molar-refractivity contribution >= 4 is 5.69 Å². The number of rotatable bonds is 5. The van der Waals surface area contributed by atoms with Crippen molar-refractivity contribution in [2.45, 2.75) is 13.0 Å². The van der Waals surface area contributed by atoms with Crippen LogP contribution in [0.1, 0.15) is 18.5 Å². The van der Waals surface area contributed by atoms with Gasteiger partial charge in [-0.2, -0.15) is 0 Å². The Balaban J connectivity index is 2.18. The molecule has 1 heterocycles. The zero-order chi connectivity index (χ0) is 13.7. The summed E-state index contributed by atoms with van der Waals surface area (Å²) in [7, 11) is 3.28. The molecule has 0 amide bonds. The highest BCUT2D eigenvalue weighted by molar-refractivity contribution is 5.54. The van der Waals surface area contributed by atoms with Gasteiger partial charge in [-0.3, -0.25) is 4.98 Å². The van der Waals surface area contributed by atoms with E-state index in [-0.39, 0.29) is 6.04 Å². The minimum atomic E-state index is 0.158. The number of methoxy groups -OCH3 is 2. The number of anilines is 1. The molecule has 19 heavy (non-hydrogen) atoms. The van der Waals surface area contributed by atoms with E-state index < -0.39 is 0 Å². The molecule has 0 bridgehead atoms. The molecule has 0 fully saturated rings. The van der Waals surface area contributed by atoms with E-state index in [1.807, 2.05) is 36.5 Å². The Morgan fingerprint density at radius 2 is 1.79 bits per heavy atom. The maximum absolute atomic E-state index is 5.25. The molecule has 4 heteroatoms. The first-order valence-electron chi connectivity index (χ1n) is 6.12. The molecule has 0 saturated heterocycles. The second-order valence-electron chi connectivity index (χ2n) is 4.25. The molecular formula is C15H18N2O2. The molecule has 1 aromatic heterocycles. The molecule has 0 aliphatic carbocycles. The fourth-order valence-corrected chi connectivity index (χ4v) is 1.86. The lowest BCUT2D eigenvalue weighted by molar-refractivity contribution is 0.394. The Hall–Kier alpha value is -2.23. The van der Waals surface area contributed by atoms with E-state index in [0.29, 0.717) is 0 Å². The number of hydrogen-bond donors (Lipinski definition) is 1. The maximum Gasteiger partial charge on any atom is 0.124 e. The molecule has 0 spiro atoms. The van der Waals surface area contributed by atoms with Gasteiger partial charge in [0.05, 0.1) is 20.3 Å². The van der Waals surface area contributed by atoms with Gasteiger partial charge in [0.25, 0.3) is 0 Å². The minimum absolute atomic E-state index is 0.158. The van der Waals surface area contributed by atoms with Gasteiger partial charge in [0.2, 0.25) is 0 Å². The third-order valence-corrected chi connectivity index (χ3v) is 2.92. The lowest BCUT2D eigenvalue weighted by Crippen LogP contribution is -2.07. The van der Waals surface area contributed by atoms with Gasteiger partial charge < -0.3 is 14.8 Å². The number of hydrogen-bond acceptors (Lipinski definition) is 4. The van der Waals surface area contributed by atoms with Crippen LogP contribution in [-0.4, -0.2) is 19.2 Å². The summed E-state index contributed by atoms with van der Waals surface area (Å²) in [6.07, 6.45) is 3.62. The van der Waals surface area contributed by atoms with Crippen LogP contribution in [0.3, 0.4) is 0 Å². The Kier molecular flexibility index (Phi) is 4.23. The predicted octanol–water partition coefficient (Wildman–Crippen LogP) is 3.27. The molecular weight excluding hydrogens is 240 g/mol. The highest BCUT2D eigenvalue weighted by atomic mass is 16.5. The molecule has 100 valence electrons. The Morgan fingerprint density at radius 3 is 2.32 bits per heavy atom. The van der Waals surface area contributed by atoms with Crippen LogP contribution in [0.4, 0.5) is 5.69 Å². The van der Waals surface area contributed by atoms with Crippen molar-refractivity contribution in [3.05, 3.63) is 48.3 Å². The number of ether oxygens (including phenoxy) is 2. The van der Waals surface area contributed by atoms with Crippen molar-refractivity contribution < 1.29 is 9.47 Å². The average Bonchev–Trinajstić information content (AvgIpc) is 2.47. The van der Waals surface area contributed by atoms with Crippen LogP contribution >= 0.6 is 0 Å². The van der Waals surface area contributed by atoms with E-state index in [1.165, 1.54) is 0 Å². The van der Waals surface area contributed by atoms with Crippen LogP contribution < -0.4 is 14.8 Å². The van der Waals surface area contributed by atoms with Gasteiger partial charge in [-0.1, -0.05) is 6.07 Å². The molecule has 0 radical (unpaired) electrons. The molecule has 0 aliphatic heterocycles. The molecule has 0 aliphatic rings. The topological polar surface area (TPSA) is 43.4 Å². The van der Waals surface area contributed by atoms with Crippen LogP contribution in [0.25, 0.3) is 0 Å². The van der Waals surface area contributed by atoms with Gasteiger partial charge in [-0.05, 0) is 18.6 Å². The first kappa shape index (κ1) is 13.2. The van der Waals surface area contributed by atoms with Crippen LogP contribution in [0.2, 0.25) is 0 Å². The molecule has 2 aromatic rings. The summed E-state index contributed by atoms with van der Waals surface area (Å²) >= 11 is 0. The largest absolute Gasteiger partial charge is 0.497 e. The number of pyridine rings is 1. The summed E-state index contributed by atoms with van der Waals surface area (Å²) in [5, 5.41) is 3.41. The molecule has 1 unspecified atom stereocenters. The minimum Gasteiger partial charge on any atom is -0.497 e. The lowest BCUT2D eigenvalue weighted by Gasteiger charge is -2.16. The van der Waals surface area contributed by atoms with Gasteiger partial charge >= 0.3 is 0 Å². The molecule has 1 aromatic carbocycles. The van der Waals surface area contributed by atoms with Crippen molar-refractivity contribution in [3.63, 3.8) is 0 Å². The second-order valence-corrected chi connectivity index (χ2v) is 4.25. The van der Waals surface area contributed by atoms with Crippen molar-refractivity contribution in [2.75, 3.05) is 19.5 Å². The van der Waals surface area contributed by atoms with Crippen LogP contribution in [0, 0.1) is 0 Å². The van der Waals surface area contributed by atoms with E-state index >= 15 is 0 Å². The maximum atomic E-state index is 5.25. The van der Waals surface area contributed by atoms with Gasteiger partial charge in [0, 0.05) is 36.3 Å². The smallest absolute Gasteiger partial charge is 0.124 e. The number of aromatic nitrogens is 1. The van der Waals surface area contributed by atoms with Crippen LogP contribution in [0.15, 0.2) is 42.7 Å². The fourth-order valence-electron chi connectivity index (χ4n) is 1.86. The number of nitrogens with zero attached hydrogens (tertiary/aromatic N) is 1. The Morgan fingerprint density at radius 1 is 1.11 bits per heavy atom. The first-order chi connectivity index (χ1) is 9.22. The van der Waals surface area contributed by atoms with Crippen molar-refractivity contribution in [3.8, 4) is 11.5 Å². The predicted molar refractivity (Wildman–Crippen MR) is 75.8 cm³/mol. The Labute approximate surface area is 113 Å².